The van der Waals surface area contributed by atoms with Gasteiger partial charge in [0.25, 0.3) is 0 Å². The van der Waals surface area contributed by atoms with Gasteiger partial charge in [0.05, 0.1) is 33.7 Å². The van der Waals surface area contributed by atoms with Crippen LogP contribution in [0.2, 0.25) is 0 Å². The number of halogens is 5. The Labute approximate surface area is 551 Å². The minimum absolute atomic E-state index is 0.0291. The van der Waals surface area contributed by atoms with Crippen molar-refractivity contribution in [2.45, 2.75) is 157 Å². The van der Waals surface area contributed by atoms with Crippen LogP contribution in [-0.2, 0) is 32.5 Å². The first-order chi connectivity index (χ1) is 44.0. The number of hydrogen-bond donors (Lipinski definition) is 0. The maximum absolute atomic E-state index is 17.2. The van der Waals surface area contributed by atoms with E-state index in [0.29, 0.717) is 39.4 Å². The van der Waals surface area contributed by atoms with E-state index in [1.165, 1.54) is 5.56 Å². The highest BCUT2D eigenvalue weighted by Gasteiger charge is 2.38. The molecular formula is C84H85F5N4O. The van der Waals surface area contributed by atoms with E-state index in [9.17, 15) is 0 Å². The molecule has 9 aromatic carbocycles. The number of nitrogens with zero attached hydrogens (tertiary/aromatic N) is 4. The van der Waals surface area contributed by atoms with E-state index in [0.717, 1.165) is 77.9 Å². The number of anilines is 4. The molecule has 482 valence electrons. The van der Waals surface area contributed by atoms with Crippen molar-refractivity contribution in [3.63, 3.8) is 0 Å². The van der Waals surface area contributed by atoms with Crippen LogP contribution in [0.15, 0.2) is 176 Å². The normalized spacial score (nSPS) is 13.4. The van der Waals surface area contributed by atoms with Crippen molar-refractivity contribution in [2.24, 2.45) is 0 Å². The number of hydrogen-bond acceptors (Lipinski definition) is 4. The Morgan fingerprint density at radius 2 is 0.883 bits per heavy atom. The van der Waals surface area contributed by atoms with Gasteiger partial charge in [-0.2, -0.15) is 0 Å². The second kappa shape index (κ2) is 23.2. The third-order valence-electron chi connectivity index (χ3n) is 18.5. The van der Waals surface area contributed by atoms with Crippen LogP contribution in [0.3, 0.4) is 0 Å². The smallest absolute Gasteiger partial charge is 0.200 e. The van der Waals surface area contributed by atoms with Gasteiger partial charge < -0.3 is 14.5 Å². The summed E-state index contributed by atoms with van der Waals surface area (Å²) in [4.78, 5) is 9.09. The van der Waals surface area contributed by atoms with Gasteiger partial charge in [0, 0.05) is 45.9 Å². The molecule has 0 unspecified atom stereocenters. The average Bonchev–Trinajstić information content (AvgIpc) is 1.34. The summed E-state index contributed by atoms with van der Waals surface area (Å²) in [7, 11) is 0. The largest absolute Gasteiger partial charge is 0.457 e. The molecule has 1 aliphatic heterocycles. The summed E-state index contributed by atoms with van der Waals surface area (Å²) in [5.41, 5.74) is 12.5. The molecule has 0 spiro atoms. The highest BCUT2D eigenvalue weighted by atomic mass is 19.2. The molecule has 0 saturated carbocycles. The summed E-state index contributed by atoms with van der Waals surface area (Å²) in [6.45, 7) is 39.7. The molecule has 0 radical (unpaired) electrons. The van der Waals surface area contributed by atoms with Crippen molar-refractivity contribution in [3.8, 4) is 61.8 Å². The molecule has 0 amide bonds. The van der Waals surface area contributed by atoms with Crippen LogP contribution in [0, 0.1) is 29.1 Å². The SMILES string of the molecule is CC(C)(C)c1cc(-c2cc(-c3ccccc3)cc(-c3c(F)c(F)c(F)c(F)c3F)c2N2CN(c3cc(Oc4ccc5c6ccccc6n(-c6cc(C(C)(C)C)ccn6)c5c4)cc(-c4c(C(C)(C)C)cc(C(C)(C)C)cc4C(C)(C)C)c3)c3ccccc32)cc(C(C)(C)C)c1. The number of aromatic nitrogens is 2. The van der Waals surface area contributed by atoms with Gasteiger partial charge in [0.2, 0.25) is 5.82 Å². The van der Waals surface area contributed by atoms with Gasteiger partial charge >= 0.3 is 0 Å². The van der Waals surface area contributed by atoms with Gasteiger partial charge in [-0.05, 0) is 160 Å². The van der Waals surface area contributed by atoms with Crippen LogP contribution in [0.1, 0.15) is 158 Å². The fourth-order valence-corrected chi connectivity index (χ4v) is 13.2. The van der Waals surface area contributed by atoms with Crippen molar-refractivity contribution in [1.82, 2.24) is 9.55 Å². The average molecular weight is 1260 g/mol. The molecule has 1 aliphatic rings. The Morgan fingerprint density at radius 1 is 0.362 bits per heavy atom. The van der Waals surface area contributed by atoms with E-state index in [1.54, 1.807) is 6.07 Å². The van der Waals surface area contributed by atoms with E-state index in [4.69, 9.17) is 9.72 Å². The predicted molar refractivity (Wildman–Crippen MR) is 381 cm³/mol. The molecule has 0 N–H and O–H groups in total. The zero-order valence-electron chi connectivity index (χ0n) is 57.5. The minimum atomic E-state index is -2.23. The van der Waals surface area contributed by atoms with Crippen molar-refractivity contribution in [1.29, 1.82) is 0 Å². The molecule has 5 nitrogen and oxygen atoms in total. The quantitative estimate of drug-likeness (QED) is 0.0819. The minimum Gasteiger partial charge on any atom is -0.457 e. The summed E-state index contributed by atoms with van der Waals surface area (Å²) in [6.07, 6.45) is 1.88. The van der Waals surface area contributed by atoms with E-state index in [1.807, 2.05) is 90.0 Å². The summed E-state index contributed by atoms with van der Waals surface area (Å²) >= 11 is 0. The lowest BCUT2D eigenvalue weighted by Crippen LogP contribution is -2.25. The first kappa shape index (κ1) is 65.1. The van der Waals surface area contributed by atoms with E-state index < -0.39 is 34.6 Å². The van der Waals surface area contributed by atoms with Crippen molar-refractivity contribution < 1.29 is 26.7 Å². The molecule has 0 aliphatic carbocycles. The Bertz CT molecular complexity index is 4710. The molecule has 0 saturated heterocycles. The van der Waals surface area contributed by atoms with Gasteiger partial charge in [0.1, 0.15) is 24.0 Å². The topological polar surface area (TPSA) is 33.5 Å². The molecule has 0 atom stereocenters. The third-order valence-corrected chi connectivity index (χ3v) is 18.5. The highest BCUT2D eigenvalue weighted by Crippen LogP contribution is 2.55. The molecule has 3 heterocycles. The molecular weight excluding hydrogens is 1180 g/mol. The van der Waals surface area contributed by atoms with Gasteiger partial charge in [-0.15, -0.1) is 0 Å². The number of ether oxygens (including phenoxy) is 1. The Kier molecular flexibility index (Phi) is 16.0. The zero-order chi connectivity index (χ0) is 67.7. The lowest BCUT2D eigenvalue weighted by Gasteiger charge is -2.34. The van der Waals surface area contributed by atoms with Crippen molar-refractivity contribution in [2.75, 3.05) is 16.5 Å². The Morgan fingerprint density at radius 3 is 1.47 bits per heavy atom. The zero-order valence-corrected chi connectivity index (χ0v) is 57.5. The molecule has 2 aromatic heterocycles. The first-order valence-electron chi connectivity index (χ1n) is 32.6. The van der Waals surface area contributed by atoms with E-state index >= 15 is 22.0 Å². The Balaban J connectivity index is 1.14. The number of rotatable bonds is 9. The van der Waals surface area contributed by atoms with Gasteiger partial charge in [-0.3, -0.25) is 4.57 Å². The van der Waals surface area contributed by atoms with Crippen molar-refractivity contribution >= 4 is 44.6 Å². The van der Waals surface area contributed by atoms with Crippen LogP contribution in [-0.4, -0.2) is 16.2 Å². The molecule has 10 heteroatoms. The number of pyridine rings is 1. The molecule has 0 fully saturated rings. The third kappa shape index (κ3) is 12.0. The maximum atomic E-state index is 17.2. The fraction of sp³-hybridized carbons (Fsp3) is 0.298. The fourth-order valence-electron chi connectivity index (χ4n) is 13.2. The summed E-state index contributed by atoms with van der Waals surface area (Å²) in [6, 6.07) is 57.0. The summed E-state index contributed by atoms with van der Waals surface area (Å²) < 4.78 is 91.5. The second-order valence-corrected chi connectivity index (χ2v) is 31.7. The molecule has 12 rings (SSSR count). The van der Waals surface area contributed by atoms with Crippen molar-refractivity contribution in [3.05, 3.63) is 239 Å². The molecule has 94 heavy (non-hydrogen) atoms. The van der Waals surface area contributed by atoms with Gasteiger partial charge in [-0.1, -0.05) is 216 Å². The van der Waals surface area contributed by atoms with Crippen LogP contribution < -0.4 is 14.5 Å². The Hall–Kier alpha value is -9.02. The van der Waals surface area contributed by atoms with Crippen LogP contribution in [0.4, 0.5) is 44.7 Å². The van der Waals surface area contributed by atoms with Crippen LogP contribution in [0.5, 0.6) is 11.5 Å². The van der Waals surface area contributed by atoms with Crippen LogP contribution >= 0.6 is 0 Å². The monoisotopic (exact) mass is 1260 g/mol. The lowest BCUT2D eigenvalue weighted by molar-refractivity contribution is 0.381. The lowest BCUT2D eigenvalue weighted by atomic mass is 9.71. The molecule has 0 bridgehead atoms. The number of para-hydroxylation sites is 3. The first-order valence-corrected chi connectivity index (χ1v) is 32.6. The highest BCUT2D eigenvalue weighted by molar-refractivity contribution is 6.09. The summed E-state index contributed by atoms with van der Waals surface area (Å²) in [5, 5.41) is 2.12. The maximum Gasteiger partial charge on any atom is 0.200 e. The predicted octanol–water partition coefficient (Wildman–Crippen LogP) is 24.4. The van der Waals surface area contributed by atoms with Gasteiger partial charge in [0.15, 0.2) is 23.3 Å². The van der Waals surface area contributed by atoms with E-state index in [-0.39, 0.29) is 50.4 Å². The molecule has 11 aromatic rings. The number of benzene rings is 9. The van der Waals surface area contributed by atoms with Gasteiger partial charge in [-0.25, -0.2) is 26.9 Å². The van der Waals surface area contributed by atoms with Crippen LogP contribution in [0.25, 0.3) is 72.1 Å². The number of fused-ring (bicyclic) bond motifs is 4. The summed E-state index contributed by atoms with van der Waals surface area (Å²) in [5.74, 6) is -8.23. The standard InChI is InChI=1S/C84H85F5N4O/c1-79(2,3)53-34-35-90-70(45-53)93-66-29-23-22-28-60(66)61-33-32-58(47-69(61)93)94-59-39-52(71-64(83(13,14)15)43-56(82(10,11)12)44-65(71)84(16,17)18)38-57(46-59)91-48-92(68-31-25-24-30-67(68)91)78-62(51-36-54(80(4,5)6)42-55(37-51)81(7,8)9)40-50(49-26-20-19-21-27-49)41-63(78)72-73(85)75(87)77(89)76(88)74(72)86/h19-47H,48H2,1-18H3. The second-order valence-electron chi connectivity index (χ2n) is 31.7. The van der Waals surface area contributed by atoms with E-state index in [2.05, 4.69) is 219 Å².